The Balaban J connectivity index is 1.97. The van der Waals surface area contributed by atoms with Gasteiger partial charge in [0.25, 0.3) is 0 Å². The molecule has 0 bridgehead atoms. The molecule has 0 aliphatic carbocycles. The standard InChI is InChI=1S/C13H10Cl3N3OS/c1-7-2-3-17-13(18-7)21-6-12(20)19-11-5-9(15)8(14)4-10(11)16/h2-5H,6H2,1H3,(H,19,20). The van der Waals surface area contributed by atoms with Crippen LogP contribution in [0.2, 0.25) is 15.1 Å². The summed E-state index contributed by atoms with van der Waals surface area (Å²) in [5, 5.41) is 4.21. The van der Waals surface area contributed by atoms with Gasteiger partial charge >= 0.3 is 0 Å². The predicted molar refractivity (Wildman–Crippen MR) is 87.6 cm³/mol. The molecule has 0 fully saturated rings. The first kappa shape index (κ1) is 16.4. The molecule has 0 aliphatic heterocycles. The number of aromatic nitrogens is 2. The molecular weight excluding hydrogens is 353 g/mol. The topological polar surface area (TPSA) is 54.9 Å². The van der Waals surface area contributed by atoms with Crippen LogP contribution in [0.15, 0.2) is 29.6 Å². The Labute approximate surface area is 141 Å². The van der Waals surface area contributed by atoms with Gasteiger partial charge in [-0.25, -0.2) is 9.97 Å². The van der Waals surface area contributed by atoms with E-state index >= 15 is 0 Å². The lowest BCUT2D eigenvalue weighted by molar-refractivity contribution is -0.113. The van der Waals surface area contributed by atoms with E-state index < -0.39 is 0 Å². The minimum Gasteiger partial charge on any atom is -0.324 e. The SMILES string of the molecule is Cc1ccnc(SCC(=O)Nc2cc(Cl)c(Cl)cc2Cl)n1. The van der Waals surface area contributed by atoms with Crippen molar-refractivity contribution in [2.75, 3.05) is 11.1 Å². The predicted octanol–water partition coefficient (Wildman–Crippen LogP) is 4.48. The van der Waals surface area contributed by atoms with E-state index in [0.29, 0.717) is 25.9 Å². The van der Waals surface area contributed by atoms with Gasteiger partial charge in [0.1, 0.15) is 0 Å². The van der Waals surface area contributed by atoms with Gasteiger partial charge in [-0.3, -0.25) is 4.79 Å². The molecule has 1 aromatic carbocycles. The molecule has 2 aromatic rings. The van der Waals surface area contributed by atoms with E-state index in [0.717, 1.165) is 5.69 Å². The number of thioether (sulfide) groups is 1. The van der Waals surface area contributed by atoms with Crippen molar-refractivity contribution in [2.24, 2.45) is 0 Å². The lowest BCUT2D eigenvalue weighted by Crippen LogP contribution is -2.14. The molecule has 2 rings (SSSR count). The summed E-state index contributed by atoms with van der Waals surface area (Å²) in [6.45, 7) is 1.86. The van der Waals surface area contributed by atoms with Crippen LogP contribution in [0.25, 0.3) is 0 Å². The first-order chi connectivity index (χ1) is 9.95. The molecule has 1 N–H and O–H groups in total. The summed E-state index contributed by atoms with van der Waals surface area (Å²) >= 11 is 19.0. The summed E-state index contributed by atoms with van der Waals surface area (Å²) in [6.07, 6.45) is 1.65. The van der Waals surface area contributed by atoms with Gasteiger partial charge in [0.2, 0.25) is 5.91 Å². The van der Waals surface area contributed by atoms with Crippen LogP contribution in [0.1, 0.15) is 5.69 Å². The van der Waals surface area contributed by atoms with Gasteiger partial charge in [-0.2, -0.15) is 0 Å². The third-order valence-corrected chi connectivity index (χ3v) is 4.29. The van der Waals surface area contributed by atoms with E-state index in [1.54, 1.807) is 12.3 Å². The van der Waals surface area contributed by atoms with Crippen molar-refractivity contribution >= 4 is 58.2 Å². The zero-order valence-electron chi connectivity index (χ0n) is 10.9. The largest absolute Gasteiger partial charge is 0.324 e. The van der Waals surface area contributed by atoms with E-state index in [1.165, 1.54) is 23.9 Å². The number of nitrogens with one attached hydrogen (secondary N) is 1. The molecule has 0 radical (unpaired) electrons. The Morgan fingerprint density at radius 1 is 1.24 bits per heavy atom. The maximum absolute atomic E-state index is 11.9. The first-order valence-corrected chi connectivity index (χ1v) is 7.94. The van der Waals surface area contributed by atoms with Crippen LogP contribution in [0, 0.1) is 6.92 Å². The van der Waals surface area contributed by atoms with E-state index in [1.807, 2.05) is 6.92 Å². The third-order valence-electron chi connectivity index (χ3n) is 2.39. The van der Waals surface area contributed by atoms with Crippen LogP contribution in [-0.2, 0) is 4.79 Å². The molecular formula is C13H10Cl3N3OS. The van der Waals surface area contributed by atoms with Gasteiger partial charge in [-0.15, -0.1) is 0 Å². The molecule has 110 valence electrons. The summed E-state index contributed by atoms with van der Waals surface area (Å²) < 4.78 is 0. The van der Waals surface area contributed by atoms with E-state index in [-0.39, 0.29) is 11.7 Å². The second-order valence-electron chi connectivity index (χ2n) is 4.06. The highest BCUT2D eigenvalue weighted by molar-refractivity contribution is 7.99. The van der Waals surface area contributed by atoms with Crippen molar-refractivity contribution in [3.05, 3.63) is 45.2 Å². The summed E-state index contributed by atoms with van der Waals surface area (Å²) in [6, 6.07) is 4.79. The fourth-order valence-corrected chi connectivity index (χ4v) is 2.70. The Morgan fingerprint density at radius 3 is 2.67 bits per heavy atom. The van der Waals surface area contributed by atoms with E-state index in [2.05, 4.69) is 15.3 Å². The maximum Gasteiger partial charge on any atom is 0.234 e. The number of aryl methyl sites for hydroxylation is 1. The van der Waals surface area contributed by atoms with E-state index in [4.69, 9.17) is 34.8 Å². The minimum atomic E-state index is -0.231. The summed E-state index contributed by atoms with van der Waals surface area (Å²) in [7, 11) is 0. The lowest BCUT2D eigenvalue weighted by atomic mass is 10.3. The molecule has 0 saturated heterocycles. The van der Waals surface area contributed by atoms with Crippen molar-refractivity contribution in [1.82, 2.24) is 9.97 Å². The number of amides is 1. The highest BCUT2D eigenvalue weighted by Crippen LogP contribution is 2.32. The molecule has 8 heteroatoms. The number of rotatable bonds is 4. The Bertz CT molecular complexity index is 682. The number of carbonyl (C=O) groups is 1. The highest BCUT2D eigenvalue weighted by Gasteiger charge is 2.10. The molecule has 0 aliphatic rings. The van der Waals surface area contributed by atoms with Gasteiger partial charge in [0.05, 0.1) is 26.5 Å². The zero-order chi connectivity index (χ0) is 15.4. The average molecular weight is 363 g/mol. The van der Waals surface area contributed by atoms with E-state index in [9.17, 15) is 4.79 Å². The molecule has 1 heterocycles. The maximum atomic E-state index is 11.9. The number of nitrogens with zero attached hydrogens (tertiary/aromatic N) is 2. The molecule has 1 amide bonds. The lowest BCUT2D eigenvalue weighted by Gasteiger charge is -2.08. The van der Waals surface area contributed by atoms with Gasteiger partial charge in [-0.05, 0) is 25.1 Å². The number of carbonyl (C=O) groups excluding carboxylic acids is 1. The third kappa shape index (κ3) is 4.74. The number of hydrogen-bond acceptors (Lipinski definition) is 4. The van der Waals surface area contributed by atoms with Crippen molar-refractivity contribution in [2.45, 2.75) is 12.1 Å². The summed E-state index contributed by atoms with van der Waals surface area (Å²) in [5.41, 5.74) is 1.27. The monoisotopic (exact) mass is 361 g/mol. The highest BCUT2D eigenvalue weighted by atomic mass is 35.5. The molecule has 0 unspecified atom stereocenters. The van der Waals surface area contributed by atoms with Crippen LogP contribution < -0.4 is 5.32 Å². The fraction of sp³-hybridized carbons (Fsp3) is 0.154. The Morgan fingerprint density at radius 2 is 1.95 bits per heavy atom. The number of benzene rings is 1. The van der Waals surface area contributed by atoms with Crippen LogP contribution in [-0.4, -0.2) is 21.6 Å². The normalized spacial score (nSPS) is 10.5. The van der Waals surface area contributed by atoms with Gasteiger partial charge < -0.3 is 5.32 Å². The average Bonchev–Trinajstić information content (AvgIpc) is 2.43. The summed E-state index contributed by atoms with van der Waals surface area (Å²) in [4.78, 5) is 20.2. The quantitative estimate of drug-likeness (QED) is 0.495. The van der Waals surface area contributed by atoms with Crippen LogP contribution >= 0.6 is 46.6 Å². The molecule has 21 heavy (non-hydrogen) atoms. The second-order valence-corrected chi connectivity index (χ2v) is 6.23. The van der Waals surface area contributed by atoms with Crippen molar-refractivity contribution in [1.29, 1.82) is 0 Å². The van der Waals surface area contributed by atoms with Crippen LogP contribution in [0.5, 0.6) is 0 Å². The molecule has 0 atom stereocenters. The van der Waals surface area contributed by atoms with Crippen LogP contribution in [0.3, 0.4) is 0 Å². The van der Waals surface area contributed by atoms with Crippen molar-refractivity contribution in [3.63, 3.8) is 0 Å². The number of anilines is 1. The fourth-order valence-electron chi connectivity index (χ4n) is 1.43. The molecule has 4 nitrogen and oxygen atoms in total. The number of hydrogen-bond donors (Lipinski definition) is 1. The first-order valence-electron chi connectivity index (χ1n) is 5.82. The second kappa shape index (κ2) is 7.31. The molecule has 0 spiro atoms. The number of halogens is 3. The smallest absolute Gasteiger partial charge is 0.234 e. The summed E-state index contributed by atoms with van der Waals surface area (Å²) in [5.74, 6) is -0.0644. The van der Waals surface area contributed by atoms with Crippen molar-refractivity contribution in [3.8, 4) is 0 Å². The minimum absolute atomic E-state index is 0.167. The van der Waals surface area contributed by atoms with Gasteiger partial charge in [0, 0.05) is 11.9 Å². The van der Waals surface area contributed by atoms with Gasteiger partial charge in [-0.1, -0.05) is 46.6 Å². The Kier molecular flexibility index (Phi) is 5.70. The van der Waals surface area contributed by atoms with Crippen molar-refractivity contribution < 1.29 is 4.79 Å². The zero-order valence-corrected chi connectivity index (χ0v) is 13.9. The van der Waals surface area contributed by atoms with Gasteiger partial charge in [0.15, 0.2) is 5.16 Å². The van der Waals surface area contributed by atoms with Crippen LogP contribution in [0.4, 0.5) is 5.69 Å². The molecule has 1 aromatic heterocycles. The molecule has 0 saturated carbocycles. The Hall–Kier alpha value is -1.01.